The first-order valence-corrected chi connectivity index (χ1v) is 7.05. The molecule has 0 fully saturated rings. The lowest BCUT2D eigenvalue weighted by molar-refractivity contribution is 0.595. The maximum Gasteiger partial charge on any atom is 0.182 e. The topological polar surface area (TPSA) is 34.1 Å². The van der Waals surface area contributed by atoms with Crippen LogP contribution in [0.1, 0.15) is 5.56 Å². The third-order valence-corrected chi connectivity index (χ3v) is 4.23. The van der Waals surface area contributed by atoms with E-state index in [0.29, 0.717) is 10.6 Å². The normalized spacial score (nSPS) is 11.4. The largest absolute Gasteiger partial charge is 0.223 e. The molecule has 1 radical (unpaired) electrons. The van der Waals surface area contributed by atoms with E-state index >= 15 is 0 Å². The SMILES string of the molecule is O=S(=O)(Cc1[c]cccc1)c1ccc(Cl)cc1. The van der Waals surface area contributed by atoms with Gasteiger partial charge in [0.05, 0.1) is 10.6 Å². The van der Waals surface area contributed by atoms with Gasteiger partial charge < -0.3 is 0 Å². The summed E-state index contributed by atoms with van der Waals surface area (Å²) >= 11 is 5.72. The lowest BCUT2D eigenvalue weighted by Crippen LogP contribution is -2.04. The average molecular weight is 266 g/mol. The van der Waals surface area contributed by atoms with Crippen molar-refractivity contribution in [2.75, 3.05) is 0 Å². The van der Waals surface area contributed by atoms with Crippen LogP contribution >= 0.6 is 11.6 Å². The molecule has 0 heterocycles. The molecule has 0 amide bonds. The molecule has 0 atom stereocenters. The van der Waals surface area contributed by atoms with Crippen LogP contribution in [0, 0.1) is 6.07 Å². The summed E-state index contributed by atoms with van der Waals surface area (Å²) in [7, 11) is -3.32. The number of benzene rings is 2. The molecule has 0 aromatic heterocycles. The van der Waals surface area contributed by atoms with Crippen LogP contribution in [0.2, 0.25) is 5.02 Å². The number of halogens is 1. The highest BCUT2D eigenvalue weighted by molar-refractivity contribution is 7.90. The van der Waals surface area contributed by atoms with Gasteiger partial charge in [-0.05, 0) is 35.9 Å². The third kappa shape index (κ3) is 3.08. The summed E-state index contributed by atoms with van der Waals surface area (Å²) < 4.78 is 24.1. The second-order valence-electron chi connectivity index (χ2n) is 3.60. The zero-order valence-corrected chi connectivity index (χ0v) is 10.5. The Morgan fingerprint density at radius 3 is 2.35 bits per heavy atom. The number of hydrogen-bond acceptors (Lipinski definition) is 2. The molecular formula is C13H10ClO2S. The summed E-state index contributed by atoms with van der Waals surface area (Å²) in [6.45, 7) is 0. The Labute approximate surface area is 106 Å². The molecule has 0 unspecified atom stereocenters. The molecule has 0 aliphatic heterocycles. The van der Waals surface area contributed by atoms with Crippen LogP contribution in [-0.2, 0) is 15.6 Å². The number of rotatable bonds is 3. The van der Waals surface area contributed by atoms with E-state index in [1.54, 1.807) is 36.4 Å². The summed E-state index contributed by atoms with van der Waals surface area (Å²) in [6, 6.07) is 16.1. The molecule has 2 aromatic carbocycles. The van der Waals surface area contributed by atoms with Crippen molar-refractivity contribution in [1.29, 1.82) is 0 Å². The first-order valence-electron chi connectivity index (χ1n) is 5.02. The van der Waals surface area contributed by atoms with Crippen molar-refractivity contribution in [1.82, 2.24) is 0 Å². The summed E-state index contributed by atoms with van der Waals surface area (Å²) in [6.07, 6.45) is 0. The fourth-order valence-corrected chi connectivity index (χ4v) is 2.88. The molecule has 0 saturated carbocycles. The van der Waals surface area contributed by atoms with E-state index in [2.05, 4.69) is 6.07 Å². The van der Waals surface area contributed by atoms with Gasteiger partial charge in [-0.3, -0.25) is 0 Å². The molecular weight excluding hydrogens is 256 g/mol. The average Bonchev–Trinajstić information content (AvgIpc) is 2.30. The molecule has 4 heteroatoms. The first kappa shape index (κ1) is 12.1. The van der Waals surface area contributed by atoms with Crippen molar-refractivity contribution in [3.63, 3.8) is 0 Å². The fourth-order valence-electron chi connectivity index (χ4n) is 1.45. The standard InChI is InChI=1S/C13H10ClO2S/c14-12-6-8-13(9-7-12)17(15,16)10-11-4-2-1-3-5-11/h1-4,6-9H,10H2. The number of sulfone groups is 1. The maximum atomic E-state index is 12.0. The predicted octanol–water partition coefficient (Wildman–Crippen LogP) is 3.11. The Bertz CT molecular complexity index is 589. The zero-order chi connectivity index (χ0) is 12.3. The highest BCUT2D eigenvalue weighted by atomic mass is 35.5. The molecule has 87 valence electrons. The monoisotopic (exact) mass is 265 g/mol. The first-order chi connectivity index (χ1) is 8.08. The van der Waals surface area contributed by atoms with Gasteiger partial charge in [-0.25, -0.2) is 8.42 Å². The van der Waals surface area contributed by atoms with E-state index in [1.807, 2.05) is 0 Å². The van der Waals surface area contributed by atoms with Crippen LogP contribution in [0.15, 0.2) is 53.4 Å². The van der Waals surface area contributed by atoms with Crippen LogP contribution in [-0.4, -0.2) is 8.42 Å². The van der Waals surface area contributed by atoms with E-state index in [4.69, 9.17) is 11.6 Å². The quantitative estimate of drug-likeness (QED) is 0.855. The highest BCUT2D eigenvalue weighted by Crippen LogP contribution is 2.18. The molecule has 0 saturated heterocycles. The molecule has 17 heavy (non-hydrogen) atoms. The smallest absolute Gasteiger partial charge is 0.182 e. The summed E-state index contributed by atoms with van der Waals surface area (Å²) in [5.41, 5.74) is 0.655. The van der Waals surface area contributed by atoms with Gasteiger partial charge in [-0.1, -0.05) is 35.9 Å². The van der Waals surface area contributed by atoms with E-state index in [0.717, 1.165) is 0 Å². The molecule has 2 rings (SSSR count). The Morgan fingerprint density at radius 1 is 1.06 bits per heavy atom. The van der Waals surface area contributed by atoms with Gasteiger partial charge in [0, 0.05) is 5.02 Å². The van der Waals surface area contributed by atoms with Crippen molar-refractivity contribution in [2.24, 2.45) is 0 Å². The summed E-state index contributed by atoms with van der Waals surface area (Å²) in [4.78, 5) is 0.277. The molecule has 2 aromatic rings. The maximum absolute atomic E-state index is 12.0. The minimum Gasteiger partial charge on any atom is -0.223 e. The van der Waals surface area contributed by atoms with E-state index in [-0.39, 0.29) is 10.6 Å². The van der Waals surface area contributed by atoms with Crippen LogP contribution in [0.5, 0.6) is 0 Å². The minimum atomic E-state index is -3.32. The fraction of sp³-hybridized carbons (Fsp3) is 0.0769. The van der Waals surface area contributed by atoms with Crippen LogP contribution in [0.25, 0.3) is 0 Å². The lowest BCUT2D eigenvalue weighted by Gasteiger charge is -2.04. The Kier molecular flexibility index (Phi) is 3.50. The van der Waals surface area contributed by atoms with Gasteiger partial charge in [0.1, 0.15) is 0 Å². The molecule has 0 aliphatic rings. The third-order valence-electron chi connectivity index (χ3n) is 2.29. The molecule has 2 nitrogen and oxygen atoms in total. The van der Waals surface area contributed by atoms with Crippen LogP contribution in [0.3, 0.4) is 0 Å². The Morgan fingerprint density at radius 2 is 1.76 bits per heavy atom. The van der Waals surface area contributed by atoms with Gasteiger partial charge >= 0.3 is 0 Å². The van der Waals surface area contributed by atoms with Gasteiger partial charge in [-0.15, -0.1) is 0 Å². The van der Waals surface area contributed by atoms with E-state index < -0.39 is 9.84 Å². The minimum absolute atomic E-state index is 0.0462. The van der Waals surface area contributed by atoms with Gasteiger partial charge in [0.25, 0.3) is 0 Å². The van der Waals surface area contributed by atoms with Crippen molar-refractivity contribution < 1.29 is 8.42 Å². The lowest BCUT2D eigenvalue weighted by atomic mass is 10.2. The highest BCUT2D eigenvalue weighted by Gasteiger charge is 2.14. The Hall–Kier alpha value is -1.32. The second-order valence-corrected chi connectivity index (χ2v) is 6.03. The summed E-state index contributed by atoms with van der Waals surface area (Å²) in [5.74, 6) is -0.0462. The molecule has 0 bridgehead atoms. The van der Waals surface area contributed by atoms with Gasteiger partial charge in [0.15, 0.2) is 9.84 Å². The molecule has 0 spiro atoms. The van der Waals surface area contributed by atoms with Gasteiger partial charge in [0.2, 0.25) is 0 Å². The predicted molar refractivity (Wildman–Crippen MR) is 67.6 cm³/mol. The Balaban J connectivity index is 2.29. The van der Waals surface area contributed by atoms with Crippen molar-refractivity contribution in [2.45, 2.75) is 10.6 Å². The van der Waals surface area contributed by atoms with Crippen LogP contribution in [0.4, 0.5) is 0 Å². The van der Waals surface area contributed by atoms with Crippen molar-refractivity contribution >= 4 is 21.4 Å². The van der Waals surface area contributed by atoms with Crippen molar-refractivity contribution in [3.8, 4) is 0 Å². The molecule has 0 N–H and O–H groups in total. The number of hydrogen-bond donors (Lipinski definition) is 0. The van der Waals surface area contributed by atoms with Gasteiger partial charge in [-0.2, -0.15) is 0 Å². The summed E-state index contributed by atoms with van der Waals surface area (Å²) in [5, 5.41) is 0.523. The second kappa shape index (κ2) is 4.90. The molecule has 0 aliphatic carbocycles. The van der Waals surface area contributed by atoms with E-state index in [1.165, 1.54) is 12.1 Å². The van der Waals surface area contributed by atoms with Crippen LogP contribution < -0.4 is 0 Å². The van der Waals surface area contributed by atoms with Crippen molar-refractivity contribution in [3.05, 3.63) is 65.2 Å². The van der Waals surface area contributed by atoms with E-state index in [9.17, 15) is 8.42 Å². The zero-order valence-electron chi connectivity index (χ0n) is 8.93.